The highest BCUT2D eigenvalue weighted by atomic mass is 35.5. The Hall–Kier alpha value is -4.49. The number of carbonyl (C=O) groups excluding carboxylic acids is 7. The molecule has 64 heavy (non-hydrogen) atoms. The van der Waals surface area contributed by atoms with Crippen molar-refractivity contribution in [1.29, 1.82) is 5.26 Å². The van der Waals surface area contributed by atoms with Crippen LogP contribution in [-0.2, 0) is 40.0 Å². The predicted molar refractivity (Wildman–Crippen MR) is 237 cm³/mol. The number of benzene rings is 1. The van der Waals surface area contributed by atoms with Gasteiger partial charge in [0.2, 0.25) is 41.4 Å². The summed E-state index contributed by atoms with van der Waals surface area (Å²) < 4.78 is 15.1. The first kappa shape index (κ1) is 49.0. The number of hydrogen-bond donors (Lipinski definition) is 4. The monoisotopic (exact) mass is 928 g/mol. The molecule has 5 fully saturated rings. The van der Waals surface area contributed by atoms with Crippen LogP contribution in [0.15, 0.2) is 18.2 Å². The fourth-order valence-corrected chi connectivity index (χ4v) is 10.4. The molecule has 1 aromatic rings. The van der Waals surface area contributed by atoms with Crippen molar-refractivity contribution in [3.05, 3.63) is 33.8 Å². The van der Waals surface area contributed by atoms with E-state index in [0.717, 1.165) is 19.3 Å². The lowest BCUT2D eigenvalue weighted by molar-refractivity contribution is -0.160. The number of alkyl halides is 1. The lowest BCUT2D eigenvalue weighted by atomic mass is 9.45. The van der Waals surface area contributed by atoms with E-state index < -0.39 is 88.7 Å². The minimum atomic E-state index is -1.48. The average Bonchev–Trinajstić information content (AvgIpc) is 3.98. The van der Waals surface area contributed by atoms with Gasteiger partial charge in [-0.05, 0) is 119 Å². The molecule has 1 spiro atoms. The Bertz CT molecular complexity index is 2050. The van der Waals surface area contributed by atoms with Crippen LogP contribution in [0.1, 0.15) is 110 Å². The number of amides is 7. The highest BCUT2D eigenvalue weighted by Crippen LogP contribution is 2.65. The van der Waals surface area contributed by atoms with Crippen LogP contribution in [0.4, 0.5) is 4.39 Å². The predicted octanol–water partition coefficient (Wildman–Crippen LogP) is 4.22. The molecule has 0 aromatic heterocycles. The molecule has 15 nitrogen and oxygen atoms in total. The van der Waals surface area contributed by atoms with E-state index in [0.29, 0.717) is 54.1 Å². The second-order valence-electron chi connectivity index (χ2n) is 20.0. The van der Waals surface area contributed by atoms with Gasteiger partial charge in [0, 0.05) is 43.5 Å². The summed E-state index contributed by atoms with van der Waals surface area (Å²) in [5.41, 5.74) is -2.24. The van der Waals surface area contributed by atoms with Crippen molar-refractivity contribution in [2.75, 3.05) is 27.2 Å². The Morgan fingerprint density at radius 2 is 1.72 bits per heavy atom. The van der Waals surface area contributed by atoms with Gasteiger partial charge >= 0.3 is 0 Å². The lowest BCUT2D eigenvalue weighted by Gasteiger charge is -2.58. The van der Waals surface area contributed by atoms with Gasteiger partial charge in [0.25, 0.3) is 0 Å². The van der Waals surface area contributed by atoms with Crippen LogP contribution in [-0.4, -0.2) is 125 Å². The first-order chi connectivity index (χ1) is 30.1. The molecule has 7 amide bonds. The smallest absolute Gasteiger partial charge is 0.245 e. The average molecular weight is 930 g/mol. The normalized spacial score (nSPS) is 27.6. The molecule has 18 heteroatoms. The van der Waals surface area contributed by atoms with Gasteiger partial charge < -0.3 is 36.0 Å². The molecule has 3 aliphatic carbocycles. The first-order valence-corrected chi connectivity index (χ1v) is 23.4. The Labute approximate surface area is 385 Å². The molecule has 6 rings (SSSR count). The van der Waals surface area contributed by atoms with Crippen LogP contribution < -0.4 is 21.3 Å². The summed E-state index contributed by atoms with van der Waals surface area (Å²) >= 11 is 12.8. The molecular formula is C46H63Cl2FN8O7. The highest BCUT2D eigenvalue weighted by Gasteiger charge is 2.63. The third-order valence-corrected chi connectivity index (χ3v) is 14.6. The molecular weight excluding hydrogens is 866 g/mol. The maximum atomic E-state index is 15.1. The van der Waals surface area contributed by atoms with Gasteiger partial charge in [-0.25, -0.2) is 4.39 Å². The summed E-state index contributed by atoms with van der Waals surface area (Å²) in [5.74, 6) is -4.48. The van der Waals surface area contributed by atoms with E-state index in [1.54, 1.807) is 32.0 Å². The van der Waals surface area contributed by atoms with Gasteiger partial charge in [-0.3, -0.25) is 33.6 Å². The summed E-state index contributed by atoms with van der Waals surface area (Å²) in [5, 5.41) is 22.2. The SMILES string of the molecule is CC(C)C[C@@H]1NC(=O)[C@@H](N(C)C(=O)[C@@H](NC(=O)[C@@H]2C[C@@H](F)CN2C(=O)C2(C#N)CC3(CCC3)C2)C2CC2)CCCCNC(=O)C(C)(C)NC(=O)[C@H](Cc2cc(Cl)ccc2Cl)N(C)C1=O. The second-order valence-corrected chi connectivity index (χ2v) is 20.8. The first-order valence-electron chi connectivity index (χ1n) is 22.7. The van der Waals surface area contributed by atoms with Gasteiger partial charge in [-0.15, -0.1) is 0 Å². The maximum absolute atomic E-state index is 15.1. The summed E-state index contributed by atoms with van der Waals surface area (Å²) in [7, 11) is 2.90. The molecule has 2 aliphatic heterocycles. The van der Waals surface area contributed by atoms with Crippen LogP contribution in [0.5, 0.6) is 0 Å². The minimum Gasteiger partial charge on any atom is -0.354 e. The molecule has 0 unspecified atom stereocenters. The van der Waals surface area contributed by atoms with Crippen molar-refractivity contribution in [3.8, 4) is 6.07 Å². The zero-order valence-corrected chi connectivity index (χ0v) is 39.2. The zero-order valence-electron chi connectivity index (χ0n) is 37.7. The fourth-order valence-electron chi connectivity index (χ4n) is 10.0. The van der Waals surface area contributed by atoms with Crippen LogP contribution >= 0.6 is 23.2 Å². The van der Waals surface area contributed by atoms with E-state index in [-0.39, 0.29) is 56.0 Å². The van der Waals surface area contributed by atoms with E-state index in [1.165, 1.54) is 28.8 Å². The van der Waals surface area contributed by atoms with Gasteiger partial charge in [-0.1, -0.05) is 43.5 Å². The molecule has 2 saturated heterocycles. The lowest BCUT2D eigenvalue weighted by Crippen LogP contribution is -2.62. The number of likely N-dealkylation sites (N-methyl/N-ethyl adjacent to an activating group) is 2. The number of halogens is 3. The van der Waals surface area contributed by atoms with E-state index in [1.807, 2.05) is 13.8 Å². The van der Waals surface area contributed by atoms with Gasteiger partial charge in [-0.2, -0.15) is 5.26 Å². The summed E-state index contributed by atoms with van der Waals surface area (Å²) in [6.45, 7) is 6.75. The number of nitrogens with zero attached hydrogens (tertiary/aromatic N) is 4. The quantitative estimate of drug-likeness (QED) is 0.267. The third kappa shape index (κ3) is 10.6. The Balaban J connectivity index is 1.24. The Morgan fingerprint density at radius 3 is 2.33 bits per heavy atom. The van der Waals surface area contributed by atoms with Gasteiger partial charge in [0.1, 0.15) is 47.3 Å². The van der Waals surface area contributed by atoms with E-state index in [4.69, 9.17) is 23.2 Å². The van der Waals surface area contributed by atoms with Crippen molar-refractivity contribution >= 4 is 64.6 Å². The van der Waals surface area contributed by atoms with Crippen molar-refractivity contribution in [2.45, 2.75) is 153 Å². The number of carbonyl (C=O) groups is 7. The highest BCUT2D eigenvalue weighted by molar-refractivity contribution is 6.33. The van der Waals surface area contributed by atoms with Crippen molar-refractivity contribution in [2.24, 2.45) is 22.7 Å². The number of nitrogens with one attached hydrogen (secondary N) is 4. The Morgan fingerprint density at radius 1 is 1.03 bits per heavy atom. The van der Waals surface area contributed by atoms with Crippen LogP contribution in [0.25, 0.3) is 0 Å². The molecule has 0 radical (unpaired) electrons. The van der Waals surface area contributed by atoms with Crippen molar-refractivity contribution < 1.29 is 38.0 Å². The number of likely N-dealkylation sites (tertiary alicyclic amines) is 1. The fraction of sp³-hybridized carbons (Fsp3) is 0.696. The number of nitriles is 1. The van der Waals surface area contributed by atoms with Gasteiger partial charge in [0.15, 0.2) is 0 Å². The molecule has 5 aliphatic rings. The second kappa shape index (κ2) is 19.5. The van der Waals surface area contributed by atoms with E-state index in [9.17, 15) is 38.8 Å². The van der Waals surface area contributed by atoms with Crippen molar-refractivity contribution in [3.63, 3.8) is 0 Å². The van der Waals surface area contributed by atoms with Crippen LogP contribution in [0, 0.1) is 34.0 Å². The summed E-state index contributed by atoms with van der Waals surface area (Å²) in [6, 6.07) is 1.20. The molecule has 4 N–H and O–H groups in total. The minimum absolute atomic E-state index is 0.0305. The molecule has 1 aromatic carbocycles. The zero-order chi connectivity index (χ0) is 46.9. The molecule has 6 atom stereocenters. The Kier molecular flexibility index (Phi) is 14.9. The standard InChI is InChI=1S/C46H63Cl2FN8O7/c1-26(2)18-32-40(61)56(6)34(20-28-19-29(47)13-14-31(28)48)39(60)54-44(3,4)42(63)51-17-8-7-10-33(37(58)52-32)55(5)41(62)36(27-11-12-27)53-38(59)35-21-30(49)22-57(35)43(64)46(25-50)23-45(24-46)15-9-16-45/h13-14,19,26-27,30,32-36H,7-12,15-18,20-24H2,1-6H3,(H,51,63)(H,52,58)(H,53,59)(H,54,60)/t30-,32+,33+,34+,35+,36+/m1/s1. The summed E-state index contributed by atoms with van der Waals surface area (Å²) in [4.78, 5) is 103. The van der Waals surface area contributed by atoms with Crippen LogP contribution in [0.3, 0.4) is 0 Å². The van der Waals surface area contributed by atoms with Crippen molar-refractivity contribution in [1.82, 2.24) is 36.0 Å². The molecule has 350 valence electrons. The van der Waals surface area contributed by atoms with E-state index in [2.05, 4.69) is 27.3 Å². The number of hydrogen-bond acceptors (Lipinski definition) is 8. The topological polar surface area (TPSA) is 201 Å². The molecule has 2 heterocycles. The van der Waals surface area contributed by atoms with Gasteiger partial charge in [0.05, 0.1) is 12.6 Å². The van der Waals surface area contributed by atoms with E-state index >= 15 is 4.39 Å². The third-order valence-electron chi connectivity index (χ3n) is 14.0. The molecule has 0 bridgehead atoms. The van der Waals surface area contributed by atoms with Crippen LogP contribution in [0.2, 0.25) is 10.0 Å². The molecule has 3 saturated carbocycles. The largest absolute Gasteiger partial charge is 0.354 e. The maximum Gasteiger partial charge on any atom is 0.245 e. The number of rotatable bonds is 10. The summed E-state index contributed by atoms with van der Waals surface area (Å²) in [6.07, 6.45) is 4.21.